The predicted octanol–water partition coefficient (Wildman–Crippen LogP) is 3.40. The summed E-state index contributed by atoms with van der Waals surface area (Å²) in [5.41, 5.74) is 0.538. The Morgan fingerprint density at radius 3 is 2.86 bits per heavy atom. The van der Waals surface area contributed by atoms with E-state index in [-0.39, 0.29) is 22.1 Å². The molecule has 1 aromatic carbocycles. The van der Waals surface area contributed by atoms with Gasteiger partial charge in [0.15, 0.2) is 0 Å². The van der Waals surface area contributed by atoms with E-state index in [1.165, 1.54) is 6.07 Å². The van der Waals surface area contributed by atoms with E-state index in [9.17, 15) is 14.4 Å². The summed E-state index contributed by atoms with van der Waals surface area (Å²) >= 11 is 9.06. The van der Waals surface area contributed by atoms with Crippen molar-refractivity contribution in [3.05, 3.63) is 49.3 Å². The molecule has 108 valence electrons. The zero-order valence-corrected chi connectivity index (χ0v) is 13.2. The number of halogens is 3. The maximum Gasteiger partial charge on any atom is 0.334 e. The molecule has 0 spiro atoms. The van der Waals surface area contributed by atoms with Gasteiger partial charge in [-0.3, -0.25) is 4.57 Å². The van der Waals surface area contributed by atoms with Crippen molar-refractivity contribution < 1.29 is 4.39 Å². The molecule has 0 radical (unpaired) electrons. The molecule has 0 saturated heterocycles. The Hall–Kier alpha value is -1.58. The van der Waals surface area contributed by atoms with Crippen LogP contribution >= 0.6 is 27.5 Å². The Bertz CT molecular complexity index is 834. The van der Waals surface area contributed by atoms with Crippen LogP contribution in [0.25, 0.3) is 5.69 Å². The summed E-state index contributed by atoms with van der Waals surface area (Å²) in [6, 6.07) is 4.58. The maximum absolute atomic E-state index is 14.2. The van der Waals surface area contributed by atoms with Crippen LogP contribution in [0.1, 0.15) is 24.2 Å². The van der Waals surface area contributed by atoms with Gasteiger partial charge in [0.1, 0.15) is 17.6 Å². The second-order valence-corrected chi connectivity index (χ2v) is 6.11. The highest BCUT2D eigenvalue weighted by Crippen LogP contribution is 2.29. The van der Waals surface area contributed by atoms with Crippen molar-refractivity contribution in [1.82, 2.24) is 9.13 Å². The topological polar surface area (TPSA) is 50.7 Å². The molecule has 2 aromatic rings. The lowest BCUT2D eigenvalue weighted by molar-refractivity contribution is 0.517. The third-order valence-corrected chi connectivity index (χ3v) is 4.82. The number of nitriles is 1. The van der Waals surface area contributed by atoms with Crippen LogP contribution in [0, 0.1) is 17.1 Å². The number of hydrogen-bond donors (Lipinski definition) is 0. The van der Waals surface area contributed by atoms with Crippen LogP contribution in [0.5, 0.6) is 0 Å². The van der Waals surface area contributed by atoms with Crippen molar-refractivity contribution in [2.75, 3.05) is 0 Å². The SMILES string of the molecule is N#Cc1c2n(c(=O)n1-c1cc(Br)c(Cl)cc1F)CCCC2. The number of benzene rings is 1. The fourth-order valence-electron chi connectivity index (χ4n) is 2.66. The van der Waals surface area contributed by atoms with Crippen molar-refractivity contribution in [2.24, 2.45) is 0 Å². The zero-order chi connectivity index (χ0) is 15.1. The van der Waals surface area contributed by atoms with Crippen molar-refractivity contribution in [1.29, 1.82) is 5.26 Å². The van der Waals surface area contributed by atoms with Crippen molar-refractivity contribution in [3.8, 4) is 11.8 Å². The fraction of sp³-hybridized carbons (Fsp3) is 0.286. The molecule has 0 fully saturated rings. The molecular weight excluding hydrogens is 361 g/mol. The third kappa shape index (κ3) is 2.21. The molecule has 0 atom stereocenters. The molecule has 4 nitrogen and oxygen atoms in total. The lowest BCUT2D eigenvalue weighted by atomic mass is 10.1. The molecule has 1 aliphatic rings. The molecule has 0 N–H and O–H groups in total. The molecule has 0 aliphatic carbocycles. The quantitative estimate of drug-likeness (QED) is 0.722. The van der Waals surface area contributed by atoms with E-state index in [2.05, 4.69) is 15.9 Å². The molecule has 0 saturated carbocycles. The first-order valence-electron chi connectivity index (χ1n) is 6.44. The van der Waals surface area contributed by atoms with Gasteiger partial charge in [0.25, 0.3) is 0 Å². The highest BCUT2D eigenvalue weighted by Gasteiger charge is 2.24. The van der Waals surface area contributed by atoms with Gasteiger partial charge in [-0.05, 0) is 47.3 Å². The molecule has 2 heterocycles. The van der Waals surface area contributed by atoms with Crippen LogP contribution in [-0.2, 0) is 13.0 Å². The molecule has 1 aliphatic heterocycles. The van der Waals surface area contributed by atoms with Crippen LogP contribution in [0.2, 0.25) is 5.02 Å². The monoisotopic (exact) mass is 369 g/mol. The average molecular weight is 371 g/mol. The summed E-state index contributed by atoms with van der Waals surface area (Å²) in [6.07, 6.45) is 2.46. The molecular formula is C14H10BrClFN3O. The highest BCUT2D eigenvalue weighted by molar-refractivity contribution is 9.10. The minimum absolute atomic E-state index is 0.0368. The number of imidazole rings is 1. The van der Waals surface area contributed by atoms with E-state index < -0.39 is 5.82 Å². The van der Waals surface area contributed by atoms with Gasteiger partial charge in [0.2, 0.25) is 0 Å². The lowest BCUT2D eigenvalue weighted by Gasteiger charge is -2.12. The van der Waals surface area contributed by atoms with Crippen LogP contribution < -0.4 is 5.69 Å². The van der Waals surface area contributed by atoms with Gasteiger partial charge in [0, 0.05) is 11.0 Å². The molecule has 3 rings (SSSR count). The second kappa shape index (κ2) is 5.32. The van der Waals surface area contributed by atoms with Crippen molar-refractivity contribution >= 4 is 27.5 Å². The second-order valence-electron chi connectivity index (χ2n) is 4.85. The van der Waals surface area contributed by atoms with Gasteiger partial charge < -0.3 is 0 Å². The van der Waals surface area contributed by atoms with E-state index in [1.807, 2.05) is 6.07 Å². The van der Waals surface area contributed by atoms with Gasteiger partial charge in [-0.1, -0.05) is 11.6 Å². The highest BCUT2D eigenvalue weighted by atomic mass is 79.9. The Labute approximate surface area is 133 Å². The van der Waals surface area contributed by atoms with E-state index >= 15 is 0 Å². The minimum Gasteiger partial charge on any atom is -0.295 e. The first-order chi connectivity index (χ1) is 10.0. The first-order valence-corrected chi connectivity index (χ1v) is 7.61. The van der Waals surface area contributed by atoms with Crippen LogP contribution in [-0.4, -0.2) is 9.13 Å². The molecule has 0 bridgehead atoms. The number of hydrogen-bond acceptors (Lipinski definition) is 2. The summed E-state index contributed by atoms with van der Waals surface area (Å²) < 4.78 is 17.4. The summed E-state index contributed by atoms with van der Waals surface area (Å²) in [5.74, 6) is -0.634. The summed E-state index contributed by atoms with van der Waals surface area (Å²) in [4.78, 5) is 12.5. The Kier molecular flexibility index (Phi) is 3.64. The van der Waals surface area contributed by atoms with Gasteiger partial charge in [-0.15, -0.1) is 0 Å². The number of rotatable bonds is 1. The third-order valence-electron chi connectivity index (χ3n) is 3.63. The van der Waals surface area contributed by atoms with Crippen LogP contribution in [0.4, 0.5) is 4.39 Å². The lowest BCUT2D eigenvalue weighted by Crippen LogP contribution is -2.26. The zero-order valence-electron chi connectivity index (χ0n) is 10.9. The molecule has 1 aromatic heterocycles. The smallest absolute Gasteiger partial charge is 0.295 e. The predicted molar refractivity (Wildman–Crippen MR) is 80.4 cm³/mol. The summed E-state index contributed by atoms with van der Waals surface area (Å²) in [5, 5.41) is 9.60. The molecule has 0 amide bonds. The Morgan fingerprint density at radius 2 is 2.14 bits per heavy atom. The Balaban J connectivity index is 2.34. The van der Waals surface area contributed by atoms with Crippen molar-refractivity contribution in [3.63, 3.8) is 0 Å². The van der Waals surface area contributed by atoms with Crippen LogP contribution in [0.3, 0.4) is 0 Å². The summed E-state index contributed by atoms with van der Waals surface area (Å²) in [7, 11) is 0. The van der Waals surface area contributed by atoms with Gasteiger partial charge in [-0.25, -0.2) is 13.8 Å². The minimum atomic E-state index is -0.634. The number of nitrogens with zero attached hydrogens (tertiary/aromatic N) is 3. The van der Waals surface area contributed by atoms with E-state index in [1.54, 1.807) is 4.57 Å². The Morgan fingerprint density at radius 1 is 1.38 bits per heavy atom. The standard InChI is InChI=1S/C14H10BrClFN3O/c15-8-5-12(10(17)6-9(8)16)20-13(7-18)11-3-1-2-4-19(11)14(20)21/h5-6H,1-4H2. The number of aromatic nitrogens is 2. The molecule has 7 heteroatoms. The normalized spacial score (nSPS) is 13.8. The average Bonchev–Trinajstić information content (AvgIpc) is 2.76. The maximum atomic E-state index is 14.2. The largest absolute Gasteiger partial charge is 0.334 e. The fourth-order valence-corrected chi connectivity index (χ4v) is 3.14. The number of fused-ring (bicyclic) bond motifs is 1. The van der Waals surface area contributed by atoms with Gasteiger partial charge >= 0.3 is 5.69 Å². The molecule has 21 heavy (non-hydrogen) atoms. The van der Waals surface area contributed by atoms with E-state index in [0.717, 1.165) is 23.5 Å². The molecule has 0 unspecified atom stereocenters. The van der Waals surface area contributed by atoms with E-state index in [4.69, 9.17) is 11.6 Å². The first kappa shape index (κ1) is 14.4. The summed E-state index contributed by atoms with van der Waals surface area (Å²) in [6.45, 7) is 0.562. The van der Waals surface area contributed by atoms with Crippen molar-refractivity contribution in [2.45, 2.75) is 25.8 Å². The van der Waals surface area contributed by atoms with Crippen LogP contribution in [0.15, 0.2) is 21.4 Å². The van der Waals surface area contributed by atoms with E-state index in [0.29, 0.717) is 23.1 Å². The van der Waals surface area contributed by atoms with Gasteiger partial charge in [-0.2, -0.15) is 5.26 Å². The van der Waals surface area contributed by atoms with Gasteiger partial charge in [0.05, 0.1) is 16.4 Å².